The zero-order valence-electron chi connectivity index (χ0n) is 8.14. The standard InChI is InChI=1S/C11H10N2O2/c12-8-9-4-1-2-5-10(9)13-6-3-7-15-11(13)14/h1-2,4-5H,3,6-7H2. The maximum absolute atomic E-state index is 11.5. The number of para-hydroxylation sites is 1. The normalized spacial score (nSPS) is 15.7. The molecule has 4 heteroatoms. The maximum atomic E-state index is 11.5. The van der Waals surface area contributed by atoms with Crippen molar-refractivity contribution in [1.82, 2.24) is 0 Å². The van der Waals surface area contributed by atoms with Crippen LogP contribution in [0.5, 0.6) is 0 Å². The molecule has 15 heavy (non-hydrogen) atoms. The Hall–Kier alpha value is -2.02. The molecule has 1 fully saturated rings. The molecule has 1 aromatic rings. The van der Waals surface area contributed by atoms with Crippen molar-refractivity contribution in [2.24, 2.45) is 0 Å². The number of anilines is 1. The Morgan fingerprint density at radius 2 is 2.20 bits per heavy atom. The summed E-state index contributed by atoms with van der Waals surface area (Å²) in [7, 11) is 0. The lowest BCUT2D eigenvalue weighted by Gasteiger charge is -2.26. The smallest absolute Gasteiger partial charge is 0.414 e. The van der Waals surface area contributed by atoms with Crippen molar-refractivity contribution in [3.63, 3.8) is 0 Å². The predicted octanol–water partition coefficient (Wildman–Crippen LogP) is 1.90. The van der Waals surface area contributed by atoms with E-state index in [4.69, 9.17) is 10.00 Å². The van der Waals surface area contributed by atoms with Gasteiger partial charge in [0.05, 0.1) is 17.9 Å². The second-order valence-corrected chi connectivity index (χ2v) is 3.25. The summed E-state index contributed by atoms with van der Waals surface area (Å²) in [6.45, 7) is 1.07. The Bertz CT molecular complexity index is 423. The molecule has 0 radical (unpaired) electrons. The Balaban J connectivity index is 2.36. The predicted molar refractivity (Wildman–Crippen MR) is 54.5 cm³/mol. The highest BCUT2D eigenvalue weighted by Gasteiger charge is 2.22. The van der Waals surface area contributed by atoms with Gasteiger partial charge in [-0.1, -0.05) is 12.1 Å². The lowest BCUT2D eigenvalue weighted by atomic mass is 10.1. The van der Waals surface area contributed by atoms with E-state index in [2.05, 4.69) is 6.07 Å². The molecular weight excluding hydrogens is 192 g/mol. The van der Waals surface area contributed by atoms with E-state index in [0.29, 0.717) is 24.4 Å². The van der Waals surface area contributed by atoms with Crippen molar-refractivity contribution in [2.45, 2.75) is 6.42 Å². The van der Waals surface area contributed by atoms with E-state index in [1.54, 1.807) is 24.3 Å². The van der Waals surface area contributed by atoms with Crippen LogP contribution in [0.3, 0.4) is 0 Å². The van der Waals surface area contributed by atoms with E-state index >= 15 is 0 Å². The Kier molecular flexibility index (Phi) is 2.55. The van der Waals surface area contributed by atoms with E-state index in [9.17, 15) is 4.79 Å². The average molecular weight is 202 g/mol. The second kappa shape index (κ2) is 4.01. The molecule has 1 aliphatic heterocycles. The van der Waals surface area contributed by atoms with Crippen LogP contribution in [0.1, 0.15) is 12.0 Å². The maximum Gasteiger partial charge on any atom is 0.414 e. The zero-order chi connectivity index (χ0) is 10.7. The summed E-state index contributed by atoms with van der Waals surface area (Å²) in [5.74, 6) is 0. The van der Waals surface area contributed by atoms with Crippen molar-refractivity contribution >= 4 is 11.8 Å². The lowest BCUT2D eigenvalue weighted by Crippen LogP contribution is -2.38. The molecule has 0 saturated carbocycles. The van der Waals surface area contributed by atoms with Crippen LogP contribution < -0.4 is 4.90 Å². The molecule has 0 aliphatic carbocycles. The van der Waals surface area contributed by atoms with Gasteiger partial charge in [-0.25, -0.2) is 4.79 Å². The first kappa shape index (κ1) is 9.53. The molecule has 0 bridgehead atoms. The molecule has 1 amide bonds. The Morgan fingerprint density at radius 1 is 1.40 bits per heavy atom. The van der Waals surface area contributed by atoms with Crippen molar-refractivity contribution in [2.75, 3.05) is 18.1 Å². The summed E-state index contributed by atoms with van der Waals surface area (Å²) >= 11 is 0. The Morgan fingerprint density at radius 3 is 2.93 bits per heavy atom. The molecule has 1 aliphatic rings. The minimum Gasteiger partial charge on any atom is -0.449 e. The number of amides is 1. The first-order chi connectivity index (χ1) is 7.33. The number of nitriles is 1. The van der Waals surface area contributed by atoms with Gasteiger partial charge >= 0.3 is 6.09 Å². The van der Waals surface area contributed by atoms with Crippen LogP contribution in [-0.2, 0) is 4.74 Å². The molecule has 0 atom stereocenters. The molecule has 0 N–H and O–H groups in total. The Labute approximate surface area is 87.7 Å². The molecule has 0 spiro atoms. The van der Waals surface area contributed by atoms with Crippen LogP contribution in [0.2, 0.25) is 0 Å². The summed E-state index contributed by atoms with van der Waals surface area (Å²) in [5.41, 5.74) is 1.13. The minimum atomic E-state index is -0.371. The molecule has 76 valence electrons. The van der Waals surface area contributed by atoms with Gasteiger partial charge in [-0.3, -0.25) is 4.90 Å². The molecule has 0 aromatic heterocycles. The first-order valence-electron chi connectivity index (χ1n) is 4.76. The number of nitrogens with zero attached hydrogens (tertiary/aromatic N) is 2. The molecule has 1 heterocycles. The largest absolute Gasteiger partial charge is 0.449 e. The van der Waals surface area contributed by atoms with Crippen molar-refractivity contribution in [1.29, 1.82) is 5.26 Å². The molecule has 2 rings (SSSR count). The van der Waals surface area contributed by atoms with Gasteiger partial charge in [-0.15, -0.1) is 0 Å². The fourth-order valence-electron chi connectivity index (χ4n) is 1.57. The van der Waals surface area contributed by atoms with E-state index in [1.807, 2.05) is 0 Å². The van der Waals surface area contributed by atoms with Gasteiger partial charge in [0, 0.05) is 6.54 Å². The van der Waals surface area contributed by atoms with Crippen LogP contribution in [0, 0.1) is 11.3 Å². The number of carbonyl (C=O) groups excluding carboxylic acids is 1. The summed E-state index contributed by atoms with van der Waals surface area (Å²) in [6.07, 6.45) is 0.426. The van der Waals surface area contributed by atoms with Crippen LogP contribution in [0.4, 0.5) is 10.5 Å². The third-order valence-corrected chi connectivity index (χ3v) is 2.29. The van der Waals surface area contributed by atoms with Gasteiger partial charge in [-0.2, -0.15) is 5.26 Å². The van der Waals surface area contributed by atoms with Gasteiger partial charge in [0.1, 0.15) is 6.07 Å². The zero-order valence-corrected chi connectivity index (χ0v) is 8.14. The minimum absolute atomic E-state index is 0.371. The number of benzene rings is 1. The van der Waals surface area contributed by atoms with Gasteiger partial charge in [0.15, 0.2) is 0 Å². The van der Waals surface area contributed by atoms with Crippen LogP contribution in [-0.4, -0.2) is 19.2 Å². The molecule has 1 aromatic carbocycles. The number of ether oxygens (including phenoxy) is 1. The SMILES string of the molecule is N#Cc1ccccc1N1CCCOC1=O. The van der Waals surface area contributed by atoms with Crippen molar-refractivity contribution < 1.29 is 9.53 Å². The molecular formula is C11H10N2O2. The van der Waals surface area contributed by atoms with Gasteiger partial charge in [0.2, 0.25) is 0 Å². The summed E-state index contributed by atoms with van der Waals surface area (Å²) in [4.78, 5) is 13.0. The van der Waals surface area contributed by atoms with Gasteiger partial charge in [-0.05, 0) is 18.6 Å². The first-order valence-corrected chi connectivity index (χ1v) is 4.76. The molecule has 4 nitrogen and oxygen atoms in total. The second-order valence-electron chi connectivity index (χ2n) is 3.25. The van der Waals surface area contributed by atoms with Gasteiger partial charge in [0.25, 0.3) is 0 Å². The summed E-state index contributed by atoms with van der Waals surface area (Å²) < 4.78 is 4.92. The van der Waals surface area contributed by atoms with Crippen molar-refractivity contribution in [3.05, 3.63) is 29.8 Å². The fraction of sp³-hybridized carbons (Fsp3) is 0.273. The quantitative estimate of drug-likeness (QED) is 0.698. The number of cyclic esters (lactones) is 1. The summed E-state index contributed by atoms with van der Waals surface area (Å²) in [5, 5.41) is 8.91. The van der Waals surface area contributed by atoms with Gasteiger partial charge < -0.3 is 4.74 Å². The summed E-state index contributed by atoms with van der Waals surface area (Å²) in [6, 6.07) is 9.09. The molecule has 0 unspecified atom stereocenters. The monoisotopic (exact) mass is 202 g/mol. The number of rotatable bonds is 1. The van der Waals surface area contributed by atoms with Crippen molar-refractivity contribution in [3.8, 4) is 6.07 Å². The van der Waals surface area contributed by atoms with E-state index < -0.39 is 0 Å². The number of carbonyl (C=O) groups is 1. The number of hydrogen-bond acceptors (Lipinski definition) is 3. The third kappa shape index (κ3) is 1.77. The third-order valence-electron chi connectivity index (χ3n) is 2.29. The van der Waals surface area contributed by atoms with Crippen LogP contribution >= 0.6 is 0 Å². The molecule has 1 saturated heterocycles. The fourth-order valence-corrected chi connectivity index (χ4v) is 1.57. The lowest BCUT2D eigenvalue weighted by molar-refractivity contribution is 0.140. The van der Waals surface area contributed by atoms with E-state index in [1.165, 1.54) is 4.90 Å². The van der Waals surface area contributed by atoms with Crippen LogP contribution in [0.15, 0.2) is 24.3 Å². The van der Waals surface area contributed by atoms with E-state index in [-0.39, 0.29) is 6.09 Å². The highest BCUT2D eigenvalue weighted by atomic mass is 16.6. The van der Waals surface area contributed by atoms with Crippen LogP contribution in [0.25, 0.3) is 0 Å². The average Bonchev–Trinajstić information content (AvgIpc) is 2.30. The topological polar surface area (TPSA) is 53.3 Å². The number of hydrogen-bond donors (Lipinski definition) is 0. The van der Waals surface area contributed by atoms with E-state index in [0.717, 1.165) is 6.42 Å². The highest BCUT2D eigenvalue weighted by Crippen LogP contribution is 2.22. The highest BCUT2D eigenvalue weighted by molar-refractivity contribution is 5.89.